The number of piperidine rings is 1. The largest absolute Gasteiger partial charge is 0.381 e. The Hall–Kier alpha value is -2.06. The summed E-state index contributed by atoms with van der Waals surface area (Å²) in [5.41, 5.74) is 0.528. The Morgan fingerprint density at radius 1 is 1.14 bits per heavy atom. The van der Waals surface area contributed by atoms with Gasteiger partial charge in [0.15, 0.2) is 5.25 Å². The lowest BCUT2D eigenvalue weighted by Crippen LogP contribution is -2.53. The molecule has 3 heterocycles. The summed E-state index contributed by atoms with van der Waals surface area (Å²) in [6.07, 6.45) is 7.69. The number of nitrogens with zero attached hydrogens (tertiary/aromatic N) is 2. The van der Waals surface area contributed by atoms with Crippen molar-refractivity contribution in [1.29, 1.82) is 0 Å². The van der Waals surface area contributed by atoms with Crippen molar-refractivity contribution in [1.82, 2.24) is 15.1 Å². The van der Waals surface area contributed by atoms with Crippen LogP contribution in [0.2, 0.25) is 0 Å². The van der Waals surface area contributed by atoms with Crippen LogP contribution >= 0.6 is 11.8 Å². The van der Waals surface area contributed by atoms with E-state index in [0.717, 1.165) is 32.1 Å². The van der Waals surface area contributed by atoms with E-state index in [0.29, 0.717) is 36.9 Å². The van der Waals surface area contributed by atoms with Crippen molar-refractivity contribution in [3.8, 4) is 0 Å². The minimum atomic E-state index is -0.888. The van der Waals surface area contributed by atoms with Gasteiger partial charge in [-0.25, -0.2) is 0 Å². The fourth-order valence-electron chi connectivity index (χ4n) is 3.85. The van der Waals surface area contributed by atoms with Crippen LogP contribution in [0, 0.1) is 0 Å². The molecule has 8 heteroatoms. The molecule has 0 radical (unpaired) electrons. The van der Waals surface area contributed by atoms with Gasteiger partial charge in [-0.05, 0) is 38.2 Å². The molecule has 3 aliphatic rings. The number of ether oxygens (including phenoxy) is 1. The molecular weight excluding hydrogens is 390 g/mol. The van der Waals surface area contributed by atoms with Gasteiger partial charge in [0.25, 0.3) is 5.91 Å². The van der Waals surface area contributed by atoms with Gasteiger partial charge in [0.05, 0.1) is 5.70 Å². The smallest absolute Gasteiger partial charge is 0.250 e. The molecule has 0 spiro atoms. The van der Waals surface area contributed by atoms with Crippen molar-refractivity contribution in [2.75, 3.05) is 32.8 Å². The van der Waals surface area contributed by atoms with Crippen LogP contribution in [0.4, 0.5) is 0 Å². The van der Waals surface area contributed by atoms with Crippen molar-refractivity contribution in [2.24, 2.45) is 0 Å². The van der Waals surface area contributed by atoms with E-state index >= 15 is 0 Å². The van der Waals surface area contributed by atoms with Gasteiger partial charge in [0.1, 0.15) is 6.54 Å². The van der Waals surface area contributed by atoms with Gasteiger partial charge in [-0.15, -0.1) is 11.8 Å². The van der Waals surface area contributed by atoms with E-state index in [1.165, 1.54) is 16.7 Å². The Labute approximate surface area is 176 Å². The predicted octanol–water partition coefficient (Wildman–Crippen LogP) is 1.82. The lowest BCUT2D eigenvalue weighted by molar-refractivity contribution is -0.141. The summed E-state index contributed by atoms with van der Waals surface area (Å²) in [7, 11) is 0. The van der Waals surface area contributed by atoms with Crippen molar-refractivity contribution in [2.45, 2.75) is 43.4 Å². The van der Waals surface area contributed by atoms with Crippen LogP contribution in [0.3, 0.4) is 0 Å². The molecule has 7 nitrogen and oxygen atoms in total. The normalized spacial score (nSPS) is 23.7. The highest BCUT2D eigenvalue weighted by atomic mass is 32.2. The highest BCUT2D eigenvalue weighted by molar-refractivity contribution is 8.05. The predicted molar refractivity (Wildman–Crippen MR) is 113 cm³/mol. The third kappa shape index (κ3) is 5.11. The minimum Gasteiger partial charge on any atom is -0.381 e. The minimum absolute atomic E-state index is 0.0475. The van der Waals surface area contributed by atoms with Gasteiger partial charge in [0, 0.05) is 37.3 Å². The molecule has 0 bridgehead atoms. The Morgan fingerprint density at radius 2 is 1.83 bits per heavy atom. The topological polar surface area (TPSA) is 79.0 Å². The van der Waals surface area contributed by atoms with E-state index < -0.39 is 5.25 Å². The van der Waals surface area contributed by atoms with Crippen LogP contribution in [0.25, 0.3) is 0 Å². The second-order valence-corrected chi connectivity index (χ2v) is 8.57. The van der Waals surface area contributed by atoms with Crippen LogP contribution in [-0.4, -0.2) is 71.7 Å². The zero-order chi connectivity index (χ0) is 20.8. The fraction of sp³-hybridized carbons (Fsp3) is 0.571. The van der Waals surface area contributed by atoms with Gasteiger partial charge in [-0.3, -0.25) is 14.4 Å². The average Bonchev–Trinajstić information content (AvgIpc) is 2.75. The van der Waals surface area contributed by atoms with Crippen molar-refractivity contribution in [3.63, 3.8) is 0 Å². The maximum absolute atomic E-state index is 13.2. The van der Waals surface area contributed by atoms with Gasteiger partial charge in [-0.1, -0.05) is 19.2 Å². The number of rotatable bonds is 6. The van der Waals surface area contributed by atoms with Gasteiger partial charge in [-0.2, -0.15) is 0 Å². The number of hydrogen-bond acceptors (Lipinski definition) is 5. The second-order valence-electron chi connectivity index (χ2n) is 7.42. The summed E-state index contributed by atoms with van der Waals surface area (Å²) in [6.45, 7) is 10.1. The molecule has 3 aliphatic heterocycles. The first-order valence-corrected chi connectivity index (χ1v) is 11.1. The Balaban J connectivity index is 1.76. The standard InChI is InChI=1S/C21H29N3O4S/c1-3-16-17(4-2)29-19(20(26)23-10-6-5-7-11-23)21(27)24(16)14-18(25)22-15-8-12-28-13-9-15/h3-4,15,19H,1-2,5-14H2,(H,22,25). The third-order valence-electron chi connectivity index (χ3n) is 5.44. The molecular formula is C21H29N3O4S. The SMILES string of the molecule is C=CC1=C(C=C)N(CC(=O)NC2CCOCC2)C(=O)C(C(=O)N2CCCCC2)S1. The molecule has 0 aromatic heterocycles. The first-order chi connectivity index (χ1) is 14.0. The average molecular weight is 420 g/mol. The van der Waals surface area contributed by atoms with E-state index in [9.17, 15) is 14.4 Å². The molecule has 2 fully saturated rings. The van der Waals surface area contributed by atoms with Crippen LogP contribution in [0.5, 0.6) is 0 Å². The van der Waals surface area contributed by atoms with Gasteiger partial charge >= 0.3 is 0 Å². The summed E-state index contributed by atoms with van der Waals surface area (Å²) in [5, 5.41) is 2.09. The molecule has 158 valence electrons. The Kier molecular flexibility index (Phi) is 7.55. The van der Waals surface area contributed by atoms with Crippen molar-refractivity contribution < 1.29 is 19.1 Å². The fourth-order valence-corrected chi connectivity index (χ4v) is 4.99. The number of allylic oxidation sites excluding steroid dienone is 2. The van der Waals surface area contributed by atoms with Crippen LogP contribution in [0.15, 0.2) is 35.9 Å². The van der Waals surface area contributed by atoms with Crippen LogP contribution in [0.1, 0.15) is 32.1 Å². The number of carbonyl (C=O) groups is 3. The number of thioether (sulfide) groups is 1. The Morgan fingerprint density at radius 3 is 2.45 bits per heavy atom. The molecule has 1 N–H and O–H groups in total. The summed E-state index contributed by atoms with van der Waals surface area (Å²) >= 11 is 1.20. The van der Waals surface area contributed by atoms with Crippen molar-refractivity contribution in [3.05, 3.63) is 35.9 Å². The molecule has 0 aliphatic carbocycles. The molecule has 0 aromatic carbocycles. The first kappa shape index (κ1) is 21.6. The molecule has 3 amide bonds. The van der Waals surface area contributed by atoms with Crippen LogP contribution < -0.4 is 5.32 Å². The maximum Gasteiger partial charge on any atom is 0.250 e. The van der Waals surface area contributed by atoms with Gasteiger partial charge < -0.3 is 19.9 Å². The third-order valence-corrected chi connectivity index (χ3v) is 6.71. The van der Waals surface area contributed by atoms with E-state index in [1.54, 1.807) is 17.1 Å². The molecule has 3 rings (SSSR count). The zero-order valence-electron chi connectivity index (χ0n) is 16.7. The summed E-state index contributed by atoms with van der Waals surface area (Å²) in [4.78, 5) is 42.7. The first-order valence-electron chi connectivity index (χ1n) is 10.2. The zero-order valence-corrected chi connectivity index (χ0v) is 17.5. The molecule has 29 heavy (non-hydrogen) atoms. The van der Waals surface area contributed by atoms with Gasteiger partial charge in [0.2, 0.25) is 11.8 Å². The van der Waals surface area contributed by atoms with Crippen molar-refractivity contribution >= 4 is 29.5 Å². The summed E-state index contributed by atoms with van der Waals surface area (Å²) in [6, 6.07) is 0.0475. The number of amides is 3. The van der Waals surface area contributed by atoms with E-state index in [1.807, 2.05) is 0 Å². The monoisotopic (exact) mass is 419 g/mol. The quantitative estimate of drug-likeness (QED) is 0.665. The van der Waals surface area contributed by atoms with E-state index in [2.05, 4.69) is 18.5 Å². The Bertz CT molecular complexity index is 709. The summed E-state index contributed by atoms with van der Waals surface area (Å²) in [5.74, 6) is -0.797. The lowest BCUT2D eigenvalue weighted by atomic mass is 10.1. The second kappa shape index (κ2) is 10.1. The van der Waals surface area contributed by atoms with E-state index in [4.69, 9.17) is 4.74 Å². The highest BCUT2D eigenvalue weighted by Gasteiger charge is 2.41. The maximum atomic E-state index is 13.2. The molecule has 2 saturated heterocycles. The molecule has 0 aromatic rings. The molecule has 1 atom stereocenters. The van der Waals surface area contributed by atoms with E-state index in [-0.39, 0.29) is 30.3 Å². The summed E-state index contributed by atoms with van der Waals surface area (Å²) < 4.78 is 5.32. The number of nitrogens with one attached hydrogen (secondary N) is 1. The number of carbonyl (C=O) groups excluding carboxylic acids is 3. The number of hydrogen-bond donors (Lipinski definition) is 1. The molecule has 1 unspecified atom stereocenters. The highest BCUT2D eigenvalue weighted by Crippen LogP contribution is 2.36. The lowest BCUT2D eigenvalue weighted by Gasteiger charge is -2.36. The molecule has 0 saturated carbocycles. The van der Waals surface area contributed by atoms with Crippen LogP contribution in [-0.2, 0) is 19.1 Å². The number of likely N-dealkylation sites (tertiary alicyclic amines) is 1.